The van der Waals surface area contributed by atoms with Crippen LogP contribution in [0.2, 0.25) is 0 Å². The standard InChI is InChI=1S/C27H40F3N3O3S/c1-18(2)25-24-9-6-21(26(34)31-15-19-10-12-33(13-11-19)37(3,35)36)14-22(24)17-32(25)16-20-4-7-23(8-5-20)27(28,29)30/h6,9,14,18-20,23,25H,4-5,7-8,10-13,15-17H2,1-3H3,(H,31,34)/t20-,23-,25-/m0/s1. The Kier molecular flexibility index (Phi) is 8.60. The molecule has 1 saturated heterocycles. The highest BCUT2D eigenvalue weighted by Gasteiger charge is 2.42. The van der Waals surface area contributed by atoms with Crippen molar-refractivity contribution in [1.82, 2.24) is 14.5 Å². The molecule has 6 nitrogen and oxygen atoms in total. The van der Waals surface area contributed by atoms with Gasteiger partial charge in [0.25, 0.3) is 5.91 Å². The van der Waals surface area contributed by atoms with Crippen LogP contribution in [0, 0.1) is 23.7 Å². The molecule has 208 valence electrons. The molecule has 4 rings (SSSR count). The maximum absolute atomic E-state index is 13.1. The lowest BCUT2D eigenvalue weighted by atomic mass is 9.81. The Bertz CT molecular complexity index is 1060. The van der Waals surface area contributed by atoms with Crippen LogP contribution in [0.25, 0.3) is 0 Å². The summed E-state index contributed by atoms with van der Waals surface area (Å²) in [7, 11) is -3.17. The van der Waals surface area contributed by atoms with Gasteiger partial charge >= 0.3 is 6.18 Å². The Morgan fingerprint density at radius 3 is 2.27 bits per heavy atom. The number of alkyl halides is 3. The van der Waals surface area contributed by atoms with Crippen molar-refractivity contribution in [2.75, 3.05) is 32.4 Å². The number of benzene rings is 1. The molecule has 1 aromatic carbocycles. The van der Waals surface area contributed by atoms with Gasteiger partial charge in [0.05, 0.1) is 12.2 Å². The van der Waals surface area contributed by atoms with Crippen LogP contribution < -0.4 is 5.32 Å². The minimum absolute atomic E-state index is 0.127. The number of hydrogen-bond donors (Lipinski definition) is 1. The molecule has 1 amide bonds. The first-order valence-electron chi connectivity index (χ1n) is 13.5. The highest BCUT2D eigenvalue weighted by Crippen LogP contribution is 2.43. The van der Waals surface area contributed by atoms with E-state index >= 15 is 0 Å². The van der Waals surface area contributed by atoms with Crippen LogP contribution in [-0.2, 0) is 16.6 Å². The summed E-state index contributed by atoms with van der Waals surface area (Å²) in [6, 6.07) is 6.08. The van der Waals surface area contributed by atoms with Crippen LogP contribution >= 0.6 is 0 Å². The number of hydrogen-bond acceptors (Lipinski definition) is 4. The van der Waals surface area contributed by atoms with Crippen molar-refractivity contribution in [3.8, 4) is 0 Å². The number of carbonyl (C=O) groups is 1. The van der Waals surface area contributed by atoms with Gasteiger partial charge in [0.1, 0.15) is 0 Å². The summed E-state index contributed by atoms with van der Waals surface area (Å²) >= 11 is 0. The number of amides is 1. The van der Waals surface area contributed by atoms with Crippen molar-refractivity contribution < 1.29 is 26.4 Å². The average Bonchev–Trinajstić information content (AvgIpc) is 3.19. The minimum atomic E-state index is -4.08. The maximum atomic E-state index is 13.1. The highest BCUT2D eigenvalue weighted by molar-refractivity contribution is 7.88. The number of fused-ring (bicyclic) bond motifs is 1. The molecule has 2 fully saturated rings. The molecule has 3 aliphatic rings. The molecule has 0 aromatic heterocycles. The van der Waals surface area contributed by atoms with Crippen molar-refractivity contribution in [3.63, 3.8) is 0 Å². The fourth-order valence-electron chi connectivity index (χ4n) is 6.43. The van der Waals surface area contributed by atoms with E-state index in [1.165, 1.54) is 16.1 Å². The third kappa shape index (κ3) is 6.87. The molecule has 1 atom stereocenters. The molecule has 1 N–H and O–H groups in total. The Balaban J connectivity index is 1.33. The summed E-state index contributed by atoms with van der Waals surface area (Å²) in [6.07, 6.45) is 0.266. The first-order valence-corrected chi connectivity index (χ1v) is 15.3. The molecule has 1 aromatic rings. The van der Waals surface area contributed by atoms with Crippen molar-refractivity contribution >= 4 is 15.9 Å². The van der Waals surface area contributed by atoms with Gasteiger partial charge in [-0.15, -0.1) is 0 Å². The molecular weight excluding hydrogens is 503 g/mol. The SMILES string of the molecule is CC(C)[C@H]1c2ccc(C(=O)NCC3CCN(S(C)(=O)=O)CC3)cc2CN1C[C@H]1CC[C@H](C(F)(F)F)CC1. The van der Waals surface area contributed by atoms with Crippen molar-refractivity contribution in [1.29, 1.82) is 0 Å². The molecular formula is C27H40F3N3O3S. The number of nitrogens with zero attached hydrogens (tertiary/aromatic N) is 2. The number of rotatable bonds is 7. The molecule has 0 spiro atoms. The van der Waals surface area contributed by atoms with E-state index in [4.69, 9.17) is 0 Å². The Morgan fingerprint density at radius 2 is 1.70 bits per heavy atom. The number of piperidine rings is 1. The minimum Gasteiger partial charge on any atom is -0.352 e. The molecule has 1 saturated carbocycles. The van der Waals surface area contributed by atoms with Gasteiger partial charge in [0, 0.05) is 44.3 Å². The summed E-state index contributed by atoms with van der Waals surface area (Å²) in [5.41, 5.74) is 2.95. The molecule has 37 heavy (non-hydrogen) atoms. The zero-order chi connectivity index (χ0) is 27.0. The maximum Gasteiger partial charge on any atom is 0.391 e. The van der Waals surface area contributed by atoms with Gasteiger partial charge in [-0.2, -0.15) is 13.2 Å². The molecule has 10 heteroatoms. The second kappa shape index (κ2) is 11.2. The molecule has 2 aliphatic heterocycles. The fourth-order valence-corrected chi connectivity index (χ4v) is 7.31. The lowest BCUT2D eigenvalue weighted by molar-refractivity contribution is -0.184. The quantitative estimate of drug-likeness (QED) is 0.527. The normalized spacial score (nSPS) is 26.4. The average molecular weight is 544 g/mol. The van der Waals surface area contributed by atoms with E-state index < -0.39 is 22.1 Å². The third-order valence-electron chi connectivity index (χ3n) is 8.52. The summed E-state index contributed by atoms with van der Waals surface area (Å²) in [5.74, 6) is -0.409. The summed E-state index contributed by atoms with van der Waals surface area (Å²) < 4.78 is 64.1. The van der Waals surface area contributed by atoms with E-state index in [0.717, 1.165) is 24.9 Å². The second-order valence-corrected chi connectivity index (χ2v) is 13.6. The van der Waals surface area contributed by atoms with E-state index in [2.05, 4.69) is 24.1 Å². The second-order valence-electron chi connectivity index (χ2n) is 11.6. The molecule has 2 heterocycles. The van der Waals surface area contributed by atoms with Gasteiger partial charge in [-0.25, -0.2) is 12.7 Å². The van der Waals surface area contributed by atoms with Crippen LogP contribution in [0.5, 0.6) is 0 Å². The zero-order valence-electron chi connectivity index (χ0n) is 22.1. The Hall–Kier alpha value is -1.65. The van der Waals surface area contributed by atoms with Crippen molar-refractivity contribution in [3.05, 3.63) is 34.9 Å². The molecule has 0 radical (unpaired) electrons. The number of halogens is 3. The van der Waals surface area contributed by atoms with Crippen LogP contribution in [-0.4, -0.2) is 62.1 Å². The van der Waals surface area contributed by atoms with Gasteiger partial charge in [0.2, 0.25) is 10.0 Å². The number of nitrogens with one attached hydrogen (secondary N) is 1. The predicted molar refractivity (Wildman–Crippen MR) is 137 cm³/mol. The summed E-state index contributed by atoms with van der Waals surface area (Å²) in [4.78, 5) is 15.3. The number of sulfonamides is 1. The van der Waals surface area contributed by atoms with E-state index in [1.54, 1.807) is 0 Å². The van der Waals surface area contributed by atoms with Gasteiger partial charge in [-0.3, -0.25) is 9.69 Å². The van der Waals surface area contributed by atoms with Crippen LogP contribution in [0.1, 0.15) is 79.9 Å². The van der Waals surface area contributed by atoms with Gasteiger partial charge in [-0.05, 0) is 79.5 Å². The van der Waals surface area contributed by atoms with Gasteiger partial charge in [0.15, 0.2) is 0 Å². The first-order chi connectivity index (χ1) is 17.3. The monoisotopic (exact) mass is 543 g/mol. The predicted octanol–water partition coefficient (Wildman–Crippen LogP) is 4.97. The highest BCUT2D eigenvalue weighted by atomic mass is 32.2. The lowest BCUT2D eigenvalue weighted by Crippen LogP contribution is -2.41. The van der Waals surface area contributed by atoms with Crippen LogP contribution in [0.15, 0.2) is 18.2 Å². The van der Waals surface area contributed by atoms with E-state index in [-0.39, 0.29) is 36.6 Å². The summed E-state index contributed by atoms with van der Waals surface area (Å²) in [5, 5.41) is 3.03. The van der Waals surface area contributed by atoms with Crippen LogP contribution in [0.4, 0.5) is 13.2 Å². The largest absolute Gasteiger partial charge is 0.391 e. The van der Waals surface area contributed by atoms with E-state index in [0.29, 0.717) is 50.5 Å². The topological polar surface area (TPSA) is 69.7 Å². The first kappa shape index (κ1) is 28.4. The molecule has 0 unspecified atom stereocenters. The fraction of sp³-hybridized carbons (Fsp3) is 0.741. The Labute approximate surface area is 219 Å². The lowest BCUT2D eigenvalue weighted by Gasteiger charge is -2.35. The van der Waals surface area contributed by atoms with E-state index in [9.17, 15) is 26.4 Å². The summed E-state index contributed by atoms with van der Waals surface area (Å²) in [6.45, 7) is 7.34. The van der Waals surface area contributed by atoms with Gasteiger partial charge < -0.3 is 5.32 Å². The molecule has 1 aliphatic carbocycles. The zero-order valence-corrected chi connectivity index (χ0v) is 22.9. The third-order valence-corrected chi connectivity index (χ3v) is 9.82. The van der Waals surface area contributed by atoms with Crippen molar-refractivity contribution in [2.45, 2.75) is 71.1 Å². The Morgan fingerprint density at radius 1 is 1.05 bits per heavy atom. The number of carbonyl (C=O) groups excluding carboxylic acids is 1. The molecule has 0 bridgehead atoms. The van der Waals surface area contributed by atoms with Crippen LogP contribution in [0.3, 0.4) is 0 Å². The van der Waals surface area contributed by atoms with E-state index in [1.807, 2.05) is 18.2 Å². The smallest absolute Gasteiger partial charge is 0.352 e. The van der Waals surface area contributed by atoms with Gasteiger partial charge in [-0.1, -0.05) is 19.9 Å². The van der Waals surface area contributed by atoms with Crippen molar-refractivity contribution in [2.24, 2.45) is 23.7 Å².